The van der Waals surface area contributed by atoms with Gasteiger partial charge in [-0.1, -0.05) is 6.92 Å². The Morgan fingerprint density at radius 3 is 2.71 bits per heavy atom. The molecule has 0 bridgehead atoms. The third-order valence-electron chi connectivity index (χ3n) is 3.03. The van der Waals surface area contributed by atoms with Gasteiger partial charge in [-0.05, 0) is 25.1 Å². The van der Waals surface area contributed by atoms with Gasteiger partial charge >= 0.3 is 6.18 Å². The van der Waals surface area contributed by atoms with Gasteiger partial charge in [-0.2, -0.15) is 13.2 Å². The quantitative estimate of drug-likeness (QED) is 0.913. The number of alkyl halides is 3. The zero-order valence-electron chi connectivity index (χ0n) is 11.7. The van der Waals surface area contributed by atoms with Crippen LogP contribution in [0.4, 0.5) is 13.2 Å². The molecule has 114 valence electrons. The van der Waals surface area contributed by atoms with Crippen LogP contribution < -0.4 is 5.32 Å². The molecule has 0 saturated heterocycles. The second-order valence-electron chi connectivity index (χ2n) is 4.66. The molecule has 0 aromatic carbocycles. The first-order valence-corrected chi connectivity index (χ1v) is 7.45. The molecule has 2 aromatic heterocycles. The minimum Gasteiger partial charge on any atom is -0.310 e. The maximum Gasteiger partial charge on any atom is 0.416 e. The predicted molar refractivity (Wildman–Crippen MR) is 76.2 cm³/mol. The van der Waals surface area contributed by atoms with E-state index in [0.29, 0.717) is 13.0 Å². The second-order valence-corrected chi connectivity index (χ2v) is 5.60. The van der Waals surface area contributed by atoms with Gasteiger partial charge in [0, 0.05) is 35.9 Å². The van der Waals surface area contributed by atoms with Crippen molar-refractivity contribution >= 4 is 11.3 Å². The number of aromatic nitrogens is 2. The molecular weight excluding hydrogens is 299 g/mol. The van der Waals surface area contributed by atoms with Crippen LogP contribution in [0.25, 0.3) is 0 Å². The standard InChI is InChI=1S/C14H16F3N3S/c1-3-19-12(6-13-20-9(2)8-21-13)10-7-18-5-4-11(10)14(15,16)17/h4-5,7-8,12,19H,3,6H2,1-2H3. The lowest BCUT2D eigenvalue weighted by atomic mass is 10.00. The fourth-order valence-electron chi connectivity index (χ4n) is 2.15. The van der Waals surface area contributed by atoms with Crippen LogP contribution in [0.15, 0.2) is 23.8 Å². The van der Waals surface area contributed by atoms with Crippen LogP contribution in [-0.2, 0) is 12.6 Å². The number of likely N-dealkylation sites (N-methyl/N-ethyl adjacent to an activating group) is 1. The highest BCUT2D eigenvalue weighted by molar-refractivity contribution is 7.09. The molecule has 21 heavy (non-hydrogen) atoms. The Labute approximate surface area is 125 Å². The highest BCUT2D eigenvalue weighted by atomic mass is 32.1. The van der Waals surface area contributed by atoms with Crippen LogP contribution >= 0.6 is 11.3 Å². The Kier molecular flexibility index (Phi) is 4.95. The smallest absolute Gasteiger partial charge is 0.310 e. The highest BCUT2D eigenvalue weighted by Gasteiger charge is 2.35. The number of rotatable bonds is 5. The summed E-state index contributed by atoms with van der Waals surface area (Å²) in [6.07, 6.45) is -1.51. The van der Waals surface area contributed by atoms with E-state index >= 15 is 0 Å². The van der Waals surface area contributed by atoms with Gasteiger partial charge in [0.1, 0.15) is 0 Å². The lowest BCUT2D eigenvalue weighted by molar-refractivity contribution is -0.138. The molecule has 2 aromatic rings. The third-order valence-corrected chi connectivity index (χ3v) is 4.02. The SMILES string of the molecule is CCNC(Cc1nc(C)cs1)c1cnccc1C(F)(F)F. The predicted octanol–water partition coefficient (Wildman–Crippen LogP) is 3.76. The van der Waals surface area contributed by atoms with Crippen LogP contribution in [0, 0.1) is 6.92 Å². The molecule has 3 nitrogen and oxygen atoms in total. The zero-order chi connectivity index (χ0) is 15.5. The average Bonchev–Trinajstić information content (AvgIpc) is 2.83. The Morgan fingerprint density at radius 1 is 1.38 bits per heavy atom. The molecule has 0 saturated carbocycles. The average molecular weight is 315 g/mol. The van der Waals surface area contributed by atoms with Gasteiger partial charge < -0.3 is 5.32 Å². The van der Waals surface area contributed by atoms with E-state index in [1.807, 2.05) is 19.2 Å². The van der Waals surface area contributed by atoms with Crippen LogP contribution in [0.3, 0.4) is 0 Å². The van der Waals surface area contributed by atoms with Crippen molar-refractivity contribution in [3.05, 3.63) is 45.7 Å². The summed E-state index contributed by atoms with van der Waals surface area (Å²) in [6, 6.07) is 0.568. The monoisotopic (exact) mass is 315 g/mol. The molecule has 0 fully saturated rings. The fraction of sp³-hybridized carbons (Fsp3) is 0.429. The van der Waals surface area contributed by atoms with Gasteiger partial charge in [0.15, 0.2) is 0 Å². The van der Waals surface area contributed by atoms with Gasteiger partial charge in [0.05, 0.1) is 10.6 Å². The second kappa shape index (κ2) is 6.53. The molecule has 1 N–H and O–H groups in total. The molecule has 2 heterocycles. The van der Waals surface area contributed by atoms with E-state index in [4.69, 9.17) is 0 Å². The number of hydrogen-bond donors (Lipinski definition) is 1. The van der Waals surface area contributed by atoms with E-state index in [2.05, 4.69) is 15.3 Å². The Balaban J connectivity index is 2.34. The molecular formula is C14H16F3N3S. The fourth-order valence-corrected chi connectivity index (χ4v) is 2.97. The van der Waals surface area contributed by atoms with E-state index in [-0.39, 0.29) is 5.56 Å². The number of aryl methyl sites for hydroxylation is 1. The Hall–Kier alpha value is -1.47. The number of halogens is 3. The van der Waals surface area contributed by atoms with E-state index < -0.39 is 17.8 Å². The summed E-state index contributed by atoms with van der Waals surface area (Å²) in [6.45, 7) is 4.30. The Morgan fingerprint density at radius 2 is 2.14 bits per heavy atom. The summed E-state index contributed by atoms with van der Waals surface area (Å²) in [5, 5.41) is 5.81. The minimum atomic E-state index is -4.38. The first-order valence-electron chi connectivity index (χ1n) is 6.57. The Bertz CT molecular complexity index is 595. The van der Waals surface area contributed by atoms with Crippen molar-refractivity contribution in [2.45, 2.75) is 32.5 Å². The molecule has 0 aliphatic carbocycles. The number of hydrogen-bond acceptors (Lipinski definition) is 4. The van der Waals surface area contributed by atoms with Gasteiger partial charge in [-0.25, -0.2) is 4.98 Å². The maximum absolute atomic E-state index is 13.1. The van der Waals surface area contributed by atoms with Crippen LogP contribution in [0.5, 0.6) is 0 Å². The van der Waals surface area contributed by atoms with Crippen LogP contribution in [-0.4, -0.2) is 16.5 Å². The van der Waals surface area contributed by atoms with E-state index in [1.54, 1.807) is 0 Å². The van der Waals surface area contributed by atoms with Gasteiger partial charge in [0.2, 0.25) is 0 Å². The molecule has 0 amide bonds. The minimum absolute atomic E-state index is 0.166. The first kappa shape index (κ1) is 15.9. The number of pyridine rings is 1. The van der Waals surface area contributed by atoms with Crippen LogP contribution in [0.1, 0.15) is 34.8 Å². The van der Waals surface area contributed by atoms with Crippen molar-refractivity contribution in [2.24, 2.45) is 0 Å². The molecule has 0 radical (unpaired) electrons. The van der Waals surface area contributed by atoms with Crippen molar-refractivity contribution in [1.82, 2.24) is 15.3 Å². The summed E-state index contributed by atoms with van der Waals surface area (Å²) >= 11 is 1.46. The molecule has 1 atom stereocenters. The van der Waals surface area contributed by atoms with Crippen molar-refractivity contribution in [1.29, 1.82) is 0 Å². The van der Waals surface area contributed by atoms with E-state index in [1.165, 1.54) is 23.7 Å². The lowest BCUT2D eigenvalue weighted by Crippen LogP contribution is -2.26. The summed E-state index contributed by atoms with van der Waals surface area (Å²) in [7, 11) is 0. The van der Waals surface area contributed by atoms with Crippen molar-refractivity contribution in [3.8, 4) is 0 Å². The van der Waals surface area contributed by atoms with Gasteiger partial charge in [0.25, 0.3) is 0 Å². The summed E-state index contributed by atoms with van der Waals surface area (Å²) < 4.78 is 39.4. The summed E-state index contributed by atoms with van der Waals surface area (Å²) in [4.78, 5) is 8.18. The topological polar surface area (TPSA) is 37.8 Å². The molecule has 0 spiro atoms. The number of thiazole rings is 1. The third kappa shape index (κ3) is 4.01. The van der Waals surface area contributed by atoms with Gasteiger partial charge in [-0.3, -0.25) is 4.98 Å². The molecule has 2 rings (SSSR count). The molecule has 1 unspecified atom stereocenters. The molecule has 0 aliphatic heterocycles. The van der Waals surface area contributed by atoms with E-state index in [9.17, 15) is 13.2 Å². The summed E-state index contributed by atoms with van der Waals surface area (Å²) in [5.74, 6) is 0. The van der Waals surface area contributed by atoms with Crippen LogP contribution in [0.2, 0.25) is 0 Å². The largest absolute Gasteiger partial charge is 0.416 e. The highest BCUT2D eigenvalue weighted by Crippen LogP contribution is 2.35. The zero-order valence-corrected chi connectivity index (χ0v) is 12.6. The number of nitrogens with one attached hydrogen (secondary N) is 1. The maximum atomic E-state index is 13.1. The van der Waals surface area contributed by atoms with Crippen molar-refractivity contribution in [3.63, 3.8) is 0 Å². The van der Waals surface area contributed by atoms with Gasteiger partial charge in [-0.15, -0.1) is 11.3 Å². The molecule has 0 aliphatic rings. The summed E-state index contributed by atoms with van der Waals surface area (Å²) in [5.41, 5.74) is 0.406. The normalized spacial score (nSPS) is 13.4. The van der Waals surface area contributed by atoms with E-state index in [0.717, 1.165) is 16.8 Å². The number of nitrogens with zero attached hydrogens (tertiary/aromatic N) is 2. The van der Waals surface area contributed by atoms with Crippen molar-refractivity contribution in [2.75, 3.05) is 6.54 Å². The first-order chi connectivity index (χ1) is 9.91. The van der Waals surface area contributed by atoms with Crippen molar-refractivity contribution < 1.29 is 13.2 Å². The lowest BCUT2D eigenvalue weighted by Gasteiger charge is -2.21. The molecule has 7 heteroatoms.